The van der Waals surface area contributed by atoms with Crippen LogP contribution in [-0.4, -0.2) is 64.0 Å². The second kappa shape index (κ2) is 20.5. The van der Waals surface area contributed by atoms with Crippen LogP contribution in [-0.2, 0) is 16.1 Å². The number of likely N-dealkylation sites (tertiary alicyclic amines) is 1. The number of anilines is 2. The number of benzene rings is 1. The van der Waals surface area contributed by atoms with Crippen LogP contribution in [0.1, 0.15) is 46.1 Å². The van der Waals surface area contributed by atoms with Crippen LogP contribution in [0.4, 0.5) is 11.5 Å². The van der Waals surface area contributed by atoms with Gasteiger partial charge in [-0.2, -0.15) is 5.10 Å². The topological polar surface area (TPSA) is 125 Å². The van der Waals surface area contributed by atoms with Crippen LogP contribution in [0.2, 0.25) is 0 Å². The Morgan fingerprint density at radius 3 is 2.45 bits per heavy atom. The Labute approximate surface area is 249 Å². The number of amides is 1. The minimum Gasteiger partial charge on any atom is -0.497 e. The highest BCUT2D eigenvalue weighted by atomic mass is 16.5. The summed E-state index contributed by atoms with van der Waals surface area (Å²) >= 11 is 0. The lowest BCUT2D eigenvalue weighted by molar-refractivity contribution is -0.116. The number of hydroxylamine groups is 1. The molecule has 1 aromatic carbocycles. The Hall–Kier alpha value is -4.35. The van der Waals surface area contributed by atoms with Gasteiger partial charge in [0.05, 0.1) is 7.11 Å². The fraction of sp³-hybridized carbons (Fsp3) is 0.387. The van der Waals surface area contributed by atoms with Crippen LogP contribution < -0.4 is 20.9 Å². The standard InChI is InChI=1S/C24H30N6O2.C4H8.C2H6.CH3NO2/c1-4-14-32-18(2)27-20-9-11-29(12-10-20)16-19-8-13-30-23(19)24(25-17-26-30)28-21-6-5-7-22(15-21)31-3;1-4(2)3;1-2;3-1-2-4/h4-8,13,15,17,20,27H,1-2,9-12,14,16H2,3H3,(H,25,26,28);1H2,2-3H3;1-2H3;1,4H,(H,2,3). The fourth-order valence-corrected chi connectivity index (χ4v) is 3.98. The molecule has 11 heteroatoms. The van der Waals surface area contributed by atoms with Crippen molar-refractivity contribution in [1.82, 2.24) is 30.3 Å². The minimum atomic E-state index is 0.181. The first-order valence-corrected chi connectivity index (χ1v) is 13.9. The number of hydrogen-bond donors (Lipinski definition) is 4. The maximum Gasteiger partial charge on any atom is 0.230 e. The zero-order valence-corrected chi connectivity index (χ0v) is 25.6. The number of rotatable bonds is 11. The molecule has 0 atom stereocenters. The van der Waals surface area contributed by atoms with Crippen molar-refractivity contribution in [3.05, 3.63) is 85.7 Å². The highest BCUT2D eigenvalue weighted by molar-refractivity contribution is 5.76. The van der Waals surface area contributed by atoms with E-state index in [-0.39, 0.29) is 6.41 Å². The van der Waals surface area contributed by atoms with Gasteiger partial charge in [-0.3, -0.25) is 14.9 Å². The zero-order valence-electron chi connectivity index (χ0n) is 25.6. The first-order valence-electron chi connectivity index (χ1n) is 13.9. The number of piperidine rings is 1. The lowest BCUT2D eigenvalue weighted by atomic mass is 10.0. The monoisotopic (exact) mass is 581 g/mol. The number of carbonyl (C=O) groups is 1. The van der Waals surface area contributed by atoms with E-state index in [0.29, 0.717) is 18.5 Å². The van der Waals surface area contributed by atoms with Crippen molar-refractivity contribution in [3.8, 4) is 5.75 Å². The largest absolute Gasteiger partial charge is 0.497 e. The molecule has 1 amide bonds. The predicted octanol–water partition coefficient (Wildman–Crippen LogP) is 5.44. The highest BCUT2D eigenvalue weighted by Crippen LogP contribution is 2.26. The van der Waals surface area contributed by atoms with E-state index in [1.165, 1.54) is 16.6 Å². The lowest BCUT2D eigenvalue weighted by Crippen LogP contribution is -2.42. The van der Waals surface area contributed by atoms with Crippen molar-refractivity contribution >= 4 is 23.4 Å². The number of nitrogens with one attached hydrogen (secondary N) is 3. The van der Waals surface area contributed by atoms with Crippen molar-refractivity contribution < 1.29 is 19.5 Å². The average Bonchev–Trinajstić information content (AvgIpc) is 3.41. The summed E-state index contributed by atoms with van der Waals surface area (Å²) in [5.74, 6) is 2.19. The molecule has 0 saturated carbocycles. The molecule has 0 spiro atoms. The Bertz CT molecular complexity index is 1230. The molecule has 0 radical (unpaired) electrons. The molecule has 1 fully saturated rings. The summed E-state index contributed by atoms with van der Waals surface area (Å²) in [6.45, 7) is 22.4. The van der Waals surface area contributed by atoms with Gasteiger partial charge in [0.15, 0.2) is 11.7 Å². The van der Waals surface area contributed by atoms with Gasteiger partial charge in [-0.15, -0.1) is 6.58 Å². The Kier molecular flexibility index (Phi) is 17.4. The van der Waals surface area contributed by atoms with E-state index in [4.69, 9.17) is 19.5 Å². The molecule has 11 nitrogen and oxygen atoms in total. The smallest absolute Gasteiger partial charge is 0.230 e. The molecule has 0 bridgehead atoms. The first kappa shape index (κ1) is 35.7. The summed E-state index contributed by atoms with van der Waals surface area (Å²) in [7, 11) is 1.66. The lowest BCUT2D eigenvalue weighted by Gasteiger charge is -2.33. The van der Waals surface area contributed by atoms with Crippen LogP contribution in [0.15, 0.2) is 80.1 Å². The number of aromatic nitrogens is 3. The van der Waals surface area contributed by atoms with Crippen LogP contribution >= 0.6 is 0 Å². The van der Waals surface area contributed by atoms with Gasteiger partial charge in [-0.25, -0.2) is 15.0 Å². The Balaban J connectivity index is 0.000000773. The summed E-state index contributed by atoms with van der Waals surface area (Å²) in [5.41, 5.74) is 5.52. The van der Waals surface area contributed by atoms with E-state index in [1.54, 1.807) is 19.5 Å². The number of methoxy groups -OCH3 is 1. The molecule has 230 valence electrons. The molecular formula is C31H47N7O4. The molecule has 42 heavy (non-hydrogen) atoms. The summed E-state index contributed by atoms with van der Waals surface area (Å²) < 4.78 is 12.7. The third-order valence-electron chi connectivity index (χ3n) is 5.64. The number of fused-ring (bicyclic) bond motifs is 1. The molecule has 1 saturated heterocycles. The quantitative estimate of drug-likeness (QED) is 0.0770. The van der Waals surface area contributed by atoms with E-state index >= 15 is 0 Å². The molecule has 1 aliphatic rings. The summed E-state index contributed by atoms with van der Waals surface area (Å²) in [5, 5.41) is 18.4. The second-order valence-corrected chi connectivity index (χ2v) is 9.27. The molecule has 0 aliphatic carbocycles. The molecule has 0 unspecified atom stereocenters. The maximum atomic E-state index is 8.81. The van der Waals surface area contributed by atoms with Gasteiger partial charge in [0.2, 0.25) is 6.41 Å². The molecule has 3 heterocycles. The van der Waals surface area contributed by atoms with Crippen molar-refractivity contribution in [1.29, 1.82) is 0 Å². The van der Waals surface area contributed by atoms with Crippen molar-refractivity contribution in [2.24, 2.45) is 0 Å². The number of nitrogens with zero attached hydrogens (tertiary/aromatic N) is 4. The summed E-state index contributed by atoms with van der Waals surface area (Å²) in [6, 6.07) is 10.3. The third-order valence-corrected chi connectivity index (χ3v) is 5.64. The van der Waals surface area contributed by atoms with Gasteiger partial charge in [-0.05, 0) is 57.0 Å². The van der Waals surface area contributed by atoms with Gasteiger partial charge in [0, 0.05) is 43.6 Å². The van der Waals surface area contributed by atoms with Crippen molar-refractivity contribution in [3.63, 3.8) is 0 Å². The first-order chi connectivity index (χ1) is 20.3. The van der Waals surface area contributed by atoms with Crippen LogP contribution in [0.25, 0.3) is 5.52 Å². The highest BCUT2D eigenvalue weighted by Gasteiger charge is 2.21. The number of carbonyl (C=O) groups excluding carboxylic acids is 1. The second-order valence-electron chi connectivity index (χ2n) is 9.27. The van der Waals surface area contributed by atoms with Crippen molar-refractivity contribution in [2.45, 2.75) is 53.1 Å². The van der Waals surface area contributed by atoms with Gasteiger partial charge in [-0.1, -0.05) is 38.1 Å². The zero-order chi connectivity index (χ0) is 31.3. The minimum absolute atomic E-state index is 0.181. The number of ether oxygens (including phenoxy) is 2. The third kappa shape index (κ3) is 12.9. The van der Waals surface area contributed by atoms with Gasteiger partial charge >= 0.3 is 0 Å². The van der Waals surface area contributed by atoms with E-state index in [9.17, 15) is 0 Å². The fourth-order valence-electron chi connectivity index (χ4n) is 3.98. The van der Waals surface area contributed by atoms with Gasteiger partial charge in [0.1, 0.15) is 24.2 Å². The summed E-state index contributed by atoms with van der Waals surface area (Å²) in [4.78, 5) is 15.8. The van der Waals surface area contributed by atoms with E-state index in [1.807, 2.05) is 62.7 Å². The SMILES string of the molecule is C=C(C)C.C=CCOC(=C)NC1CCN(Cc2ccn3ncnc(Nc4cccc(OC)c4)c23)CC1.CC.O=CNO. The molecule has 4 N–H and O–H groups in total. The molecule has 2 aromatic heterocycles. The van der Waals surface area contributed by atoms with E-state index < -0.39 is 0 Å². The Morgan fingerprint density at radius 1 is 1.19 bits per heavy atom. The average molecular weight is 582 g/mol. The number of hydrogen-bond acceptors (Lipinski definition) is 9. The van der Waals surface area contributed by atoms with E-state index in [2.05, 4.69) is 51.4 Å². The van der Waals surface area contributed by atoms with Gasteiger partial charge < -0.3 is 20.1 Å². The maximum absolute atomic E-state index is 8.81. The van der Waals surface area contributed by atoms with Crippen LogP contribution in [0, 0.1) is 0 Å². The molecule has 4 rings (SSSR count). The van der Waals surface area contributed by atoms with Crippen LogP contribution in [0.3, 0.4) is 0 Å². The number of allylic oxidation sites excluding steroid dienone is 1. The Morgan fingerprint density at radius 2 is 1.86 bits per heavy atom. The van der Waals surface area contributed by atoms with Gasteiger partial charge in [0.25, 0.3) is 0 Å². The summed E-state index contributed by atoms with van der Waals surface area (Å²) in [6.07, 6.45) is 7.52. The molecule has 3 aromatic rings. The van der Waals surface area contributed by atoms with Crippen LogP contribution in [0.5, 0.6) is 5.75 Å². The van der Waals surface area contributed by atoms with Crippen molar-refractivity contribution in [2.75, 3.05) is 32.1 Å². The van der Waals surface area contributed by atoms with E-state index in [0.717, 1.165) is 55.2 Å². The normalized spacial score (nSPS) is 12.5. The predicted molar refractivity (Wildman–Crippen MR) is 169 cm³/mol. The molecular weight excluding hydrogens is 534 g/mol. The molecule has 1 aliphatic heterocycles.